The Balaban J connectivity index is 0.000000418. The number of hydrogen-bond donors (Lipinski definition) is 4. The van der Waals surface area contributed by atoms with Gasteiger partial charge in [-0.05, 0) is 37.5 Å². The normalized spacial score (nSPS) is 19.2. The van der Waals surface area contributed by atoms with E-state index < -0.39 is 5.53 Å². The number of fused-ring (bicyclic) bond motifs is 3. The summed E-state index contributed by atoms with van der Waals surface area (Å²) in [4.78, 5) is 13.8. The van der Waals surface area contributed by atoms with Crippen LogP contribution in [0.4, 0.5) is 0 Å². The van der Waals surface area contributed by atoms with Crippen LogP contribution in [-0.4, -0.2) is 60.6 Å². The van der Waals surface area contributed by atoms with Gasteiger partial charge in [-0.25, -0.2) is 9.97 Å². The summed E-state index contributed by atoms with van der Waals surface area (Å²) >= 11 is 6.38. The number of halogens is 1. The second kappa shape index (κ2) is 8.40. The zero-order chi connectivity index (χ0) is 22.3. The Bertz CT molecular complexity index is 1210. The van der Waals surface area contributed by atoms with Gasteiger partial charge in [0.1, 0.15) is 10.7 Å². The first-order chi connectivity index (χ1) is 14.6. The van der Waals surface area contributed by atoms with E-state index in [1.54, 1.807) is 7.05 Å². The van der Waals surface area contributed by atoms with E-state index in [1.807, 2.05) is 21.6 Å². The molecule has 1 fully saturated rings. The standard InChI is InChI=1S/C16H17ClN8O.C2H7O2P/c1-24-22-15(21-23-24)8-2-3-10(4-8)25-7-18-13-12-11(5-9(6-26)19-12)14(17)20-16(13)25;1-2(3,4)5/h5,7-8,10,19,26H,2-4,6H2,1H3;3-4H,5H2,1H3. The van der Waals surface area contributed by atoms with Crippen LogP contribution in [0.15, 0.2) is 12.4 Å². The van der Waals surface area contributed by atoms with E-state index in [1.165, 1.54) is 11.7 Å². The predicted molar refractivity (Wildman–Crippen MR) is 117 cm³/mol. The Morgan fingerprint density at radius 2 is 2.10 bits per heavy atom. The third-order valence-electron chi connectivity index (χ3n) is 5.16. The van der Waals surface area contributed by atoms with Crippen LogP contribution in [0.5, 0.6) is 0 Å². The van der Waals surface area contributed by atoms with Crippen molar-refractivity contribution >= 4 is 42.9 Å². The lowest BCUT2D eigenvalue weighted by molar-refractivity contribution is -0.0601. The van der Waals surface area contributed by atoms with E-state index in [4.69, 9.17) is 21.8 Å². The van der Waals surface area contributed by atoms with Gasteiger partial charge < -0.3 is 24.9 Å². The van der Waals surface area contributed by atoms with Gasteiger partial charge in [0.2, 0.25) is 0 Å². The minimum Gasteiger partial charge on any atom is -0.390 e. The van der Waals surface area contributed by atoms with E-state index in [0.717, 1.165) is 47.2 Å². The molecule has 11 nitrogen and oxygen atoms in total. The number of aliphatic hydroxyl groups is 3. The summed E-state index contributed by atoms with van der Waals surface area (Å²) in [5.74, 6) is 1.08. The highest BCUT2D eigenvalue weighted by atomic mass is 35.5. The van der Waals surface area contributed by atoms with Crippen molar-refractivity contribution < 1.29 is 15.3 Å². The van der Waals surface area contributed by atoms with E-state index in [0.29, 0.717) is 10.8 Å². The van der Waals surface area contributed by atoms with Gasteiger partial charge in [-0.1, -0.05) is 20.8 Å². The molecule has 1 saturated carbocycles. The molecule has 31 heavy (non-hydrogen) atoms. The fourth-order valence-corrected chi connectivity index (χ4v) is 4.14. The Hall–Kier alpha value is -2.17. The maximum atomic E-state index is 9.38. The number of aryl methyl sites for hydroxylation is 1. The molecule has 1 aliphatic carbocycles. The number of rotatable bonds is 3. The van der Waals surface area contributed by atoms with Gasteiger partial charge in [0.25, 0.3) is 0 Å². The number of aromatic nitrogens is 8. The number of pyridine rings is 1. The fourth-order valence-electron chi connectivity index (χ4n) is 3.91. The Kier molecular flexibility index (Phi) is 5.97. The Morgan fingerprint density at radius 3 is 2.74 bits per heavy atom. The van der Waals surface area contributed by atoms with Gasteiger partial charge in [0.05, 0.1) is 25.5 Å². The van der Waals surface area contributed by atoms with Crippen LogP contribution in [0, 0.1) is 0 Å². The molecule has 0 aliphatic heterocycles. The third kappa shape index (κ3) is 4.70. The van der Waals surface area contributed by atoms with E-state index in [9.17, 15) is 5.11 Å². The van der Waals surface area contributed by atoms with Crippen molar-refractivity contribution in [2.24, 2.45) is 7.05 Å². The van der Waals surface area contributed by atoms with Crippen LogP contribution in [0.3, 0.4) is 0 Å². The van der Waals surface area contributed by atoms with Gasteiger partial charge in [-0.2, -0.15) is 4.80 Å². The van der Waals surface area contributed by atoms with Crippen LogP contribution in [-0.2, 0) is 13.7 Å². The predicted octanol–water partition coefficient (Wildman–Crippen LogP) is 1.61. The molecular formula is C18H24ClN8O3P. The molecule has 1 aliphatic rings. The lowest BCUT2D eigenvalue weighted by Crippen LogP contribution is -2.09. The maximum absolute atomic E-state index is 9.38. The first-order valence-electron chi connectivity index (χ1n) is 9.76. The Labute approximate surface area is 184 Å². The van der Waals surface area contributed by atoms with Crippen LogP contribution in [0.1, 0.15) is 49.7 Å². The molecule has 0 aromatic carbocycles. The minimum absolute atomic E-state index is 0.0807. The summed E-state index contributed by atoms with van der Waals surface area (Å²) in [5, 5.41) is 39.1. The molecular weight excluding hydrogens is 443 g/mol. The zero-order valence-corrected chi connectivity index (χ0v) is 19.0. The van der Waals surface area contributed by atoms with Gasteiger partial charge in [-0.15, -0.1) is 10.2 Å². The number of tetrazole rings is 1. The van der Waals surface area contributed by atoms with Crippen molar-refractivity contribution in [2.75, 3.05) is 0 Å². The fraction of sp³-hybridized carbons (Fsp3) is 0.500. The van der Waals surface area contributed by atoms with Crippen LogP contribution in [0.25, 0.3) is 22.1 Å². The molecule has 166 valence electrons. The van der Waals surface area contributed by atoms with Crippen LogP contribution >= 0.6 is 20.8 Å². The first kappa shape index (κ1) is 22.0. The number of imidazole rings is 1. The molecule has 0 amide bonds. The molecule has 4 N–H and O–H groups in total. The van der Waals surface area contributed by atoms with Crippen molar-refractivity contribution in [3.63, 3.8) is 0 Å². The molecule has 0 spiro atoms. The van der Waals surface area contributed by atoms with Crippen molar-refractivity contribution in [2.45, 2.75) is 50.3 Å². The second-order valence-electron chi connectivity index (χ2n) is 7.86. The van der Waals surface area contributed by atoms with Crippen molar-refractivity contribution in [1.82, 2.24) is 39.7 Å². The molecule has 0 bridgehead atoms. The molecule has 5 rings (SSSR count). The van der Waals surface area contributed by atoms with Crippen LogP contribution < -0.4 is 0 Å². The number of hydrogen-bond acceptors (Lipinski definition) is 8. The summed E-state index contributed by atoms with van der Waals surface area (Å²) in [6.07, 6.45) is 4.74. The van der Waals surface area contributed by atoms with Crippen molar-refractivity contribution in [3.05, 3.63) is 29.1 Å². The summed E-state index contributed by atoms with van der Waals surface area (Å²) in [6, 6.07) is 2.08. The molecule has 0 saturated heterocycles. The lowest BCUT2D eigenvalue weighted by Gasteiger charge is -2.12. The largest absolute Gasteiger partial charge is 0.390 e. The lowest BCUT2D eigenvalue weighted by atomic mass is 10.1. The Morgan fingerprint density at radius 1 is 1.35 bits per heavy atom. The number of H-pyrrole nitrogens is 1. The quantitative estimate of drug-likeness (QED) is 0.202. The average Bonchev–Trinajstić information content (AvgIpc) is 3.44. The molecule has 4 aromatic heterocycles. The van der Waals surface area contributed by atoms with Gasteiger partial charge >= 0.3 is 0 Å². The minimum atomic E-state index is -1.58. The maximum Gasteiger partial charge on any atom is 0.177 e. The number of aliphatic hydroxyl groups excluding tert-OH is 1. The highest BCUT2D eigenvalue weighted by Crippen LogP contribution is 2.41. The average molecular weight is 467 g/mol. The van der Waals surface area contributed by atoms with E-state index in [2.05, 4.69) is 34.9 Å². The van der Waals surface area contributed by atoms with Crippen molar-refractivity contribution in [3.8, 4) is 0 Å². The highest BCUT2D eigenvalue weighted by Gasteiger charge is 2.31. The topological polar surface area (TPSA) is 151 Å². The zero-order valence-electron chi connectivity index (χ0n) is 17.1. The molecule has 0 radical (unpaired) electrons. The van der Waals surface area contributed by atoms with Crippen molar-refractivity contribution in [1.29, 1.82) is 0 Å². The molecule has 3 unspecified atom stereocenters. The SMILES string of the molecule is CC(O)(O)P.Cn1nnc(C2CCC(n3cnc4c5[nH]c(CO)cc5c(Cl)nc43)C2)n1. The van der Waals surface area contributed by atoms with Gasteiger partial charge in [0.15, 0.2) is 17.0 Å². The number of nitrogens with one attached hydrogen (secondary N) is 1. The first-order valence-corrected chi connectivity index (χ1v) is 10.7. The monoisotopic (exact) mass is 466 g/mol. The third-order valence-corrected chi connectivity index (χ3v) is 5.45. The summed E-state index contributed by atoms with van der Waals surface area (Å²) in [6.45, 7) is 1.18. The van der Waals surface area contributed by atoms with E-state index >= 15 is 0 Å². The second-order valence-corrected chi connectivity index (χ2v) is 9.31. The molecule has 4 aromatic rings. The van der Waals surface area contributed by atoms with Gasteiger partial charge in [0, 0.05) is 23.0 Å². The summed E-state index contributed by atoms with van der Waals surface area (Å²) in [7, 11) is 3.60. The van der Waals surface area contributed by atoms with Gasteiger partial charge in [-0.3, -0.25) is 0 Å². The molecule has 13 heteroatoms. The van der Waals surface area contributed by atoms with Crippen LogP contribution in [0.2, 0.25) is 5.15 Å². The molecule has 4 heterocycles. The summed E-state index contributed by atoms with van der Waals surface area (Å²) < 4.78 is 2.09. The number of aromatic amines is 1. The number of nitrogens with zero attached hydrogens (tertiary/aromatic N) is 7. The molecule has 3 atom stereocenters. The van der Waals surface area contributed by atoms with E-state index in [-0.39, 0.29) is 18.6 Å². The summed E-state index contributed by atoms with van der Waals surface area (Å²) in [5.41, 5.74) is 1.45. The highest BCUT2D eigenvalue weighted by molar-refractivity contribution is 7.18. The smallest absolute Gasteiger partial charge is 0.177 e.